The number of nitrogens with one attached hydrogen (secondary N) is 1. The van der Waals surface area contributed by atoms with E-state index in [2.05, 4.69) is 4.83 Å². The first kappa shape index (κ1) is 15.8. The van der Waals surface area contributed by atoms with E-state index in [1.807, 2.05) is 0 Å². The van der Waals surface area contributed by atoms with Crippen LogP contribution in [0.15, 0.2) is 17.0 Å². The molecule has 1 N–H and O–H groups in total. The molecule has 0 unspecified atom stereocenters. The van der Waals surface area contributed by atoms with Crippen LogP contribution in [-0.2, 0) is 14.8 Å². The molecule has 1 heterocycles. The van der Waals surface area contributed by atoms with Crippen LogP contribution in [0.25, 0.3) is 0 Å². The Labute approximate surface area is 120 Å². The third kappa shape index (κ3) is 3.53. The Morgan fingerprint density at radius 2 is 2.00 bits per heavy atom. The molecule has 0 aliphatic carbocycles. The van der Waals surface area contributed by atoms with Crippen LogP contribution in [-0.4, -0.2) is 44.7 Å². The van der Waals surface area contributed by atoms with E-state index in [-0.39, 0.29) is 10.5 Å². The van der Waals surface area contributed by atoms with Crippen molar-refractivity contribution in [3.05, 3.63) is 33.6 Å². The number of benzene rings is 1. The molecule has 0 saturated carbocycles. The number of hydrazine groups is 1. The number of morpholine rings is 1. The molecule has 1 fully saturated rings. The van der Waals surface area contributed by atoms with Gasteiger partial charge in [-0.15, -0.1) is 4.83 Å². The average molecular weight is 319 g/mol. The van der Waals surface area contributed by atoms with E-state index >= 15 is 0 Å². The fraction of sp³-hybridized carbons (Fsp3) is 0.455. The molecular weight excluding hydrogens is 305 g/mol. The monoisotopic (exact) mass is 319 g/mol. The number of nitrogens with zero attached hydrogens (tertiary/aromatic N) is 2. The Bertz CT molecular complexity index is 658. The van der Waals surface area contributed by atoms with Gasteiger partial charge in [0.15, 0.2) is 0 Å². The summed E-state index contributed by atoms with van der Waals surface area (Å²) >= 11 is 0. The lowest BCUT2D eigenvalue weighted by atomic mass is 10.2. The lowest BCUT2D eigenvalue weighted by molar-refractivity contribution is -0.387. The molecule has 0 atom stereocenters. The minimum Gasteiger partial charge on any atom is -0.379 e. The molecule has 10 heteroatoms. The Hall–Kier alpha value is -1.62. The number of nitro groups is 1. The quantitative estimate of drug-likeness (QED) is 0.643. The highest BCUT2D eigenvalue weighted by atomic mass is 32.2. The molecular formula is C11H14FN3O5S. The number of nitro benzene ring substituents is 1. The van der Waals surface area contributed by atoms with Crippen molar-refractivity contribution >= 4 is 15.7 Å². The first-order valence-electron chi connectivity index (χ1n) is 6.11. The lowest BCUT2D eigenvalue weighted by Crippen LogP contribution is -2.48. The van der Waals surface area contributed by atoms with Gasteiger partial charge < -0.3 is 4.74 Å². The summed E-state index contributed by atoms with van der Waals surface area (Å²) in [5, 5.41) is 12.2. The maximum atomic E-state index is 13.4. The standard InChI is InChI=1S/C11H14FN3O5S/c1-8-6-9(12)10(15(16)17)7-11(8)21(18,19)13-14-2-4-20-5-3-14/h6-7,13H,2-5H2,1H3. The molecule has 1 aliphatic rings. The van der Waals surface area contributed by atoms with E-state index in [1.54, 1.807) is 0 Å². The highest BCUT2D eigenvalue weighted by Gasteiger charge is 2.26. The molecule has 0 amide bonds. The molecule has 1 aromatic rings. The third-order valence-corrected chi connectivity index (χ3v) is 4.51. The molecule has 1 aromatic carbocycles. The van der Waals surface area contributed by atoms with Gasteiger partial charge in [0.1, 0.15) is 0 Å². The van der Waals surface area contributed by atoms with Crippen LogP contribution in [0.2, 0.25) is 0 Å². The summed E-state index contributed by atoms with van der Waals surface area (Å²) < 4.78 is 43.1. The first-order chi connectivity index (χ1) is 9.81. The summed E-state index contributed by atoms with van der Waals surface area (Å²) in [7, 11) is -4.01. The van der Waals surface area contributed by atoms with E-state index in [4.69, 9.17) is 4.74 Å². The fourth-order valence-corrected chi connectivity index (χ4v) is 3.32. The number of rotatable bonds is 4. The Kier molecular flexibility index (Phi) is 4.52. The van der Waals surface area contributed by atoms with Crippen molar-refractivity contribution in [3.63, 3.8) is 0 Å². The van der Waals surface area contributed by atoms with E-state index in [0.717, 1.165) is 12.1 Å². The van der Waals surface area contributed by atoms with Crippen molar-refractivity contribution in [2.75, 3.05) is 26.3 Å². The number of hydrogen-bond donors (Lipinski definition) is 1. The second-order valence-electron chi connectivity index (χ2n) is 4.52. The summed E-state index contributed by atoms with van der Waals surface area (Å²) in [6, 6.07) is 1.57. The number of halogens is 1. The first-order valence-corrected chi connectivity index (χ1v) is 7.59. The van der Waals surface area contributed by atoms with Gasteiger partial charge in [-0.25, -0.2) is 13.4 Å². The summed E-state index contributed by atoms with van der Waals surface area (Å²) in [6.07, 6.45) is 0. The molecule has 0 radical (unpaired) electrons. The van der Waals surface area contributed by atoms with Crippen LogP contribution in [0.3, 0.4) is 0 Å². The van der Waals surface area contributed by atoms with Crippen LogP contribution in [0.1, 0.15) is 5.56 Å². The summed E-state index contributed by atoms with van der Waals surface area (Å²) in [6.45, 7) is 2.86. The van der Waals surface area contributed by atoms with Crippen LogP contribution < -0.4 is 4.83 Å². The number of ether oxygens (including phenoxy) is 1. The van der Waals surface area contributed by atoms with Gasteiger partial charge in [0.05, 0.1) is 23.0 Å². The van der Waals surface area contributed by atoms with Crippen LogP contribution >= 0.6 is 0 Å². The molecule has 8 nitrogen and oxygen atoms in total. The van der Waals surface area contributed by atoms with Crippen LogP contribution in [0.5, 0.6) is 0 Å². The SMILES string of the molecule is Cc1cc(F)c([N+](=O)[O-])cc1S(=O)(=O)NN1CCOCC1. The zero-order valence-electron chi connectivity index (χ0n) is 11.2. The predicted molar refractivity (Wildman–Crippen MR) is 70.5 cm³/mol. The fourth-order valence-electron chi connectivity index (χ4n) is 1.95. The van der Waals surface area contributed by atoms with Gasteiger partial charge in [-0.05, 0) is 18.6 Å². The molecule has 1 saturated heterocycles. The predicted octanol–water partition coefficient (Wildman–Crippen LogP) is 0.568. The third-order valence-electron chi connectivity index (χ3n) is 2.99. The lowest BCUT2D eigenvalue weighted by Gasteiger charge is -2.26. The number of aryl methyl sites for hydroxylation is 1. The van der Waals surface area contributed by atoms with Gasteiger partial charge in [0.2, 0.25) is 5.82 Å². The maximum Gasteiger partial charge on any atom is 0.306 e. The van der Waals surface area contributed by atoms with Gasteiger partial charge in [0, 0.05) is 19.2 Å². The van der Waals surface area contributed by atoms with E-state index in [9.17, 15) is 22.9 Å². The van der Waals surface area contributed by atoms with Crippen molar-refractivity contribution in [3.8, 4) is 0 Å². The van der Waals surface area contributed by atoms with Crippen molar-refractivity contribution in [2.45, 2.75) is 11.8 Å². The van der Waals surface area contributed by atoms with Crippen molar-refractivity contribution in [2.24, 2.45) is 0 Å². The number of sulfonamides is 1. The molecule has 1 aliphatic heterocycles. The minimum atomic E-state index is -4.01. The largest absolute Gasteiger partial charge is 0.379 e. The molecule has 21 heavy (non-hydrogen) atoms. The zero-order chi connectivity index (χ0) is 15.6. The maximum absolute atomic E-state index is 13.4. The highest BCUT2D eigenvalue weighted by molar-refractivity contribution is 7.89. The van der Waals surface area contributed by atoms with Gasteiger partial charge in [0.25, 0.3) is 10.0 Å². The minimum absolute atomic E-state index is 0.0962. The zero-order valence-corrected chi connectivity index (χ0v) is 12.0. The van der Waals surface area contributed by atoms with E-state index in [0.29, 0.717) is 26.3 Å². The van der Waals surface area contributed by atoms with E-state index in [1.165, 1.54) is 11.9 Å². The molecule has 116 valence electrons. The summed E-state index contributed by atoms with van der Waals surface area (Å²) in [4.78, 5) is 11.8. The molecule has 0 bridgehead atoms. The average Bonchev–Trinajstić information content (AvgIpc) is 2.38. The molecule has 0 spiro atoms. The van der Waals surface area contributed by atoms with E-state index < -0.39 is 26.5 Å². The van der Waals surface area contributed by atoms with Crippen molar-refractivity contribution in [1.82, 2.24) is 9.84 Å². The smallest absolute Gasteiger partial charge is 0.306 e. The topological polar surface area (TPSA) is 102 Å². The Morgan fingerprint density at radius 1 is 1.38 bits per heavy atom. The Morgan fingerprint density at radius 3 is 2.57 bits per heavy atom. The van der Waals surface area contributed by atoms with Crippen LogP contribution in [0.4, 0.5) is 10.1 Å². The van der Waals surface area contributed by atoms with Crippen molar-refractivity contribution in [1.29, 1.82) is 0 Å². The van der Waals surface area contributed by atoms with Gasteiger partial charge in [-0.1, -0.05) is 0 Å². The second kappa shape index (κ2) is 6.02. The number of hydrogen-bond acceptors (Lipinski definition) is 6. The summed E-state index contributed by atoms with van der Waals surface area (Å²) in [5.74, 6) is -1.07. The van der Waals surface area contributed by atoms with Crippen LogP contribution in [0, 0.1) is 22.9 Å². The van der Waals surface area contributed by atoms with Crippen molar-refractivity contribution < 1.29 is 22.5 Å². The highest BCUT2D eigenvalue weighted by Crippen LogP contribution is 2.25. The van der Waals surface area contributed by atoms with Gasteiger partial charge >= 0.3 is 5.69 Å². The molecule has 2 rings (SSSR count). The van der Waals surface area contributed by atoms with Gasteiger partial charge in [-0.3, -0.25) is 10.1 Å². The normalized spacial score (nSPS) is 16.9. The summed E-state index contributed by atoms with van der Waals surface area (Å²) in [5.41, 5.74) is -0.776. The Balaban J connectivity index is 2.34. The van der Waals surface area contributed by atoms with Gasteiger partial charge in [-0.2, -0.15) is 4.39 Å². The second-order valence-corrected chi connectivity index (χ2v) is 6.15. The molecule has 0 aromatic heterocycles.